The maximum absolute atomic E-state index is 14.6. The highest BCUT2D eigenvalue weighted by atomic mass is 35.5. The molecule has 0 bridgehead atoms. The van der Waals surface area contributed by atoms with Gasteiger partial charge < -0.3 is 10.2 Å². The molecule has 0 spiro atoms. The zero-order valence-corrected chi connectivity index (χ0v) is 19.7. The van der Waals surface area contributed by atoms with E-state index in [-0.39, 0.29) is 34.4 Å². The van der Waals surface area contributed by atoms with Crippen LogP contribution in [0.3, 0.4) is 0 Å². The van der Waals surface area contributed by atoms with Gasteiger partial charge in [0.15, 0.2) is 11.6 Å². The first kappa shape index (κ1) is 22.6. The van der Waals surface area contributed by atoms with E-state index in [2.05, 4.69) is 27.2 Å². The summed E-state index contributed by atoms with van der Waals surface area (Å²) in [5.74, 6) is 4.72. The van der Waals surface area contributed by atoms with Crippen LogP contribution < -0.4 is 5.32 Å². The first-order chi connectivity index (χ1) is 16.5. The summed E-state index contributed by atoms with van der Waals surface area (Å²) in [7, 11) is 0. The second-order valence-corrected chi connectivity index (χ2v) is 9.71. The molecule has 3 aromatic heterocycles. The number of nitrogens with one attached hydrogen (secondary N) is 1. The Kier molecular flexibility index (Phi) is 6.35. The topological polar surface area (TPSA) is 80.1 Å². The van der Waals surface area contributed by atoms with E-state index < -0.39 is 11.7 Å². The van der Waals surface area contributed by atoms with Crippen molar-refractivity contribution in [3.63, 3.8) is 0 Å². The van der Waals surface area contributed by atoms with E-state index in [1.165, 1.54) is 29.8 Å². The molecule has 2 amide bonds. The Hall–Kier alpha value is -3.22. The number of rotatable bonds is 4. The van der Waals surface area contributed by atoms with Gasteiger partial charge in [0.05, 0.1) is 22.1 Å². The van der Waals surface area contributed by atoms with Crippen LogP contribution >= 0.6 is 22.9 Å². The van der Waals surface area contributed by atoms with E-state index in [9.17, 15) is 14.0 Å². The van der Waals surface area contributed by atoms with Gasteiger partial charge in [-0.3, -0.25) is 14.3 Å². The SMILES string of the molecule is O=C(Nc1ncc(C#Cc2cccs2)cc1F)c1c(Cl)cnn1C1CCN(C(=O)C2CC2)CC1. The number of pyridine rings is 1. The summed E-state index contributed by atoms with van der Waals surface area (Å²) in [6, 6.07) is 4.91. The molecule has 2 fully saturated rings. The molecular formula is C24H21ClFN5O2S. The van der Waals surface area contributed by atoms with Crippen molar-refractivity contribution in [3.8, 4) is 11.8 Å². The van der Waals surface area contributed by atoms with Crippen molar-refractivity contribution in [3.05, 3.63) is 62.9 Å². The monoisotopic (exact) mass is 497 g/mol. The first-order valence-electron chi connectivity index (χ1n) is 11.0. The summed E-state index contributed by atoms with van der Waals surface area (Å²) in [6.07, 6.45) is 6.10. The quantitative estimate of drug-likeness (QED) is 0.543. The molecule has 0 radical (unpaired) electrons. The molecule has 174 valence electrons. The van der Waals surface area contributed by atoms with E-state index in [0.29, 0.717) is 31.5 Å². The molecule has 3 aromatic rings. The van der Waals surface area contributed by atoms with Gasteiger partial charge in [-0.15, -0.1) is 11.3 Å². The first-order valence-corrected chi connectivity index (χ1v) is 12.3. The van der Waals surface area contributed by atoms with Crippen molar-refractivity contribution in [2.75, 3.05) is 18.4 Å². The fourth-order valence-corrected chi connectivity index (χ4v) is 4.79. The molecular weight excluding hydrogens is 477 g/mol. The molecule has 2 aliphatic rings. The largest absolute Gasteiger partial charge is 0.342 e. The minimum Gasteiger partial charge on any atom is -0.342 e. The number of halogens is 2. The number of anilines is 1. The van der Waals surface area contributed by atoms with Gasteiger partial charge in [0.2, 0.25) is 5.91 Å². The molecule has 0 aromatic carbocycles. The summed E-state index contributed by atoms with van der Waals surface area (Å²) in [4.78, 5) is 32.1. The number of hydrogen-bond donors (Lipinski definition) is 1. The average molecular weight is 498 g/mol. The van der Waals surface area contributed by atoms with Crippen LogP contribution in [0.15, 0.2) is 36.0 Å². The lowest BCUT2D eigenvalue weighted by molar-refractivity contribution is -0.133. The van der Waals surface area contributed by atoms with Gasteiger partial charge in [-0.1, -0.05) is 29.5 Å². The molecule has 10 heteroatoms. The number of thiophene rings is 1. The molecule has 1 saturated heterocycles. The zero-order chi connectivity index (χ0) is 23.7. The second-order valence-electron chi connectivity index (χ2n) is 8.35. The Balaban J connectivity index is 1.27. The van der Waals surface area contributed by atoms with Gasteiger partial charge in [-0.2, -0.15) is 5.10 Å². The third-order valence-electron chi connectivity index (χ3n) is 5.94. The van der Waals surface area contributed by atoms with E-state index in [0.717, 1.165) is 17.7 Å². The summed E-state index contributed by atoms with van der Waals surface area (Å²) in [5, 5.41) is 8.88. The number of likely N-dealkylation sites (tertiary alicyclic amines) is 1. The summed E-state index contributed by atoms with van der Waals surface area (Å²) < 4.78 is 16.2. The smallest absolute Gasteiger partial charge is 0.276 e. The molecule has 0 unspecified atom stereocenters. The Labute approximate surface area is 204 Å². The number of nitrogens with zero attached hydrogens (tertiary/aromatic N) is 4. The molecule has 4 heterocycles. The van der Waals surface area contributed by atoms with Crippen LogP contribution in [0.4, 0.5) is 10.2 Å². The standard InChI is InChI=1S/C24H21ClFN5O2S/c25-19-14-28-31(17-7-9-30(10-8-17)24(33)16-4-5-16)21(19)23(32)29-22-20(26)12-15(13-27-22)3-6-18-2-1-11-34-18/h1-2,11-14,16-17H,4-5,7-10H2,(H,27,29,32). The normalized spacial score (nSPS) is 16.1. The van der Waals surface area contributed by atoms with Crippen LogP contribution in [0.25, 0.3) is 0 Å². The van der Waals surface area contributed by atoms with Crippen molar-refractivity contribution in [1.29, 1.82) is 0 Å². The van der Waals surface area contributed by atoms with Crippen LogP contribution in [0, 0.1) is 23.6 Å². The lowest BCUT2D eigenvalue weighted by atomic mass is 10.0. The highest BCUT2D eigenvalue weighted by Gasteiger charge is 2.36. The molecule has 1 aliphatic heterocycles. The third-order valence-corrected chi connectivity index (χ3v) is 7.00. The van der Waals surface area contributed by atoms with Crippen LogP contribution in [0.2, 0.25) is 5.02 Å². The number of carbonyl (C=O) groups excluding carboxylic acids is 2. The molecule has 1 aliphatic carbocycles. The average Bonchev–Trinajstić information content (AvgIpc) is 3.42. The van der Waals surface area contributed by atoms with Gasteiger partial charge in [-0.25, -0.2) is 9.37 Å². The van der Waals surface area contributed by atoms with Crippen LogP contribution in [0.1, 0.15) is 52.7 Å². The highest BCUT2D eigenvalue weighted by molar-refractivity contribution is 7.10. The molecule has 1 N–H and O–H groups in total. The van der Waals surface area contributed by atoms with Crippen LogP contribution in [-0.4, -0.2) is 44.6 Å². The predicted octanol–water partition coefficient (Wildman–Crippen LogP) is 4.36. The van der Waals surface area contributed by atoms with Crippen molar-refractivity contribution in [1.82, 2.24) is 19.7 Å². The van der Waals surface area contributed by atoms with Gasteiger partial charge in [0.25, 0.3) is 5.91 Å². The molecule has 34 heavy (non-hydrogen) atoms. The number of aromatic nitrogens is 3. The Morgan fingerprint density at radius 1 is 1.18 bits per heavy atom. The van der Waals surface area contributed by atoms with Gasteiger partial charge in [-0.05, 0) is 43.2 Å². The van der Waals surface area contributed by atoms with Crippen LogP contribution in [0.5, 0.6) is 0 Å². The van der Waals surface area contributed by atoms with Crippen molar-refractivity contribution in [2.45, 2.75) is 31.7 Å². The molecule has 1 saturated carbocycles. The minimum absolute atomic E-state index is 0.0794. The van der Waals surface area contributed by atoms with E-state index in [1.807, 2.05) is 22.4 Å². The summed E-state index contributed by atoms with van der Waals surface area (Å²) in [6.45, 7) is 1.23. The lowest BCUT2D eigenvalue weighted by Crippen LogP contribution is -2.40. The van der Waals surface area contributed by atoms with Crippen molar-refractivity contribution < 1.29 is 14.0 Å². The maximum Gasteiger partial charge on any atom is 0.276 e. The summed E-state index contributed by atoms with van der Waals surface area (Å²) in [5.41, 5.74) is 0.552. The fraction of sp³-hybridized carbons (Fsp3) is 0.333. The Morgan fingerprint density at radius 2 is 1.97 bits per heavy atom. The second kappa shape index (κ2) is 9.57. The van der Waals surface area contributed by atoms with E-state index in [4.69, 9.17) is 11.6 Å². The van der Waals surface area contributed by atoms with Gasteiger partial charge in [0.1, 0.15) is 5.69 Å². The minimum atomic E-state index is -0.694. The number of amides is 2. The predicted molar refractivity (Wildman–Crippen MR) is 127 cm³/mol. The van der Waals surface area contributed by atoms with Gasteiger partial charge >= 0.3 is 0 Å². The lowest BCUT2D eigenvalue weighted by Gasteiger charge is -2.32. The Bertz CT molecular complexity index is 1280. The zero-order valence-electron chi connectivity index (χ0n) is 18.1. The number of carbonyl (C=O) groups is 2. The van der Waals surface area contributed by atoms with Crippen molar-refractivity contribution in [2.24, 2.45) is 5.92 Å². The van der Waals surface area contributed by atoms with Crippen LogP contribution in [-0.2, 0) is 4.79 Å². The highest BCUT2D eigenvalue weighted by Crippen LogP contribution is 2.34. The summed E-state index contributed by atoms with van der Waals surface area (Å²) >= 11 is 7.76. The van der Waals surface area contributed by atoms with E-state index in [1.54, 1.807) is 4.68 Å². The third kappa shape index (κ3) is 4.83. The number of piperidine rings is 1. The fourth-order valence-electron chi connectivity index (χ4n) is 4.00. The van der Waals surface area contributed by atoms with Crippen molar-refractivity contribution >= 4 is 40.6 Å². The maximum atomic E-state index is 14.6. The molecule has 7 nitrogen and oxygen atoms in total. The Morgan fingerprint density at radius 3 is 2.65 bits per heavy atom. The van der Waals surface area contributed by atoms with Gasteiger partial charge in [0, 0.05) is 30.8 Å². The molecule has 0 atom stereocenters. The number of hydrogen-bond acceptors (Lipinski definition) is 5. The van der Waals surface area contributed by atoms with E-state index >= 15 is 0 Å². The molecule has 5 rings (SSSR count).